The van der Waals surface area contributed by atoms with Gasteiger partial charge in [0.25, 0.3) is 0 Å². The van der Waals surface area contributed by atoms with Crippen LogP contribution in [0.2, 0.25) is 5.02 Å². The number of nitrogens with zero attached hydrogens (tertiary/aromatic N) is 3. The lowest BCUT2D eigenvalue weighted by Gasteiger charge is -2.27. The second kappa shape index (κ2) is 8.49. The Kier molecular flexibility index (Phi) is 6.15. The first kappa shape index (κ1) is 22.5. The van der Waals surface area contributed by atoms with E-state index in [0.29, 0.717) is 0 Å². The van der Waals surface area contributed by atoms with E-state index >= 15 is 0 Å². The number of halogens is 6. The van der Waals surface area contributed by atoms with E-state index in [0.717, 1.165) is 29.4 Å². The molecule has 0 radical (unpaired) electrons. The van der Waals surface area contributed by atoms with Gasteiger partial charge in [-0.15, -0.1) is 0 Å². The van der Waals surface area contributed by atoms with Crippen LogP contribution in [0.25, 0.3) is 0 Å². The fraction of sp³-hybridized carbons (Fsp3) is 0.294. The van der Waals surface area contributed by atoms with Crippen molar-refractivity contribution in [1.82, 2.24) is 20.2 Å². The third-order valence-corrected chi connectivity index (χ3v) is 4.61. The zero-order chi connectivity index (χ0) is 22.9. The van der Waals surface area contributed by atoms with Crippen LogP contribution in [-0.2, 0) is 4.79 Å². The van der Waals surface area contributed by atoms with Gasteiger partial charge in [-0.05, 0) is 6.07 Å². The average Bonchev–Trinajstić information content (AvgIpc) is 3.08. The molecule has 31 heavy (non-hydrogen) atoms. The SMILES string of the molecule is NC(=O)C1CN([C@H](c2cnc(OCC(F)(F)F)cn2)c2ccc(F)c(Cl)c2F)C(=O)N1. The summed E-state index contributed by atoms with van der Waals surface area (Å²) in [6.45, 7) is -1.90. The maximum atomic E-state index is 14.7. The molecule has 8 nitrogen and oxygen atoms in total. The average molecular weight is 466 g/mol. The highest BCUT2D eigenvalue weighted by atomic mass is 35.5. The molecule has 3 amide bonds. The Hall–Kier alpha value is -3.22. The van der Waals surface area contributed by atoms with Crippen molar-refractivity contribution in [3.63, 3.8) is 0 Å². The van der Waals surface area contributed by atoms with Crippen molar-refractivity contribution in [3.05, 3.63) is 52.4 Å². The summed E-state index contributed by atoms with van der Waals surface area (Å²) in [6.07, 6.45) is -2.80. The summed E-state index contributed by atoms with van der Waals surface area (Å²) in [6, 6.07) is -1.39. The molecule has 1 aromatic heterocycles. The first-order valence-corrected chi connectivity index (χ1v) is 8.87. The Bertz CT molecular complexity index is 1000. The van der Waals surface area contributed by atoms with Crippen molar-refractivity contribution in [2.24, 2.45) is 5.73 Å². The van der Waals surface area contributed by atoms with Gasteiger partial charge in [0.2, 0.25) is 11.8 Å². The van der Waals surface area contributed by atoms with Crippen LogP contribution in [0.15, 0.2) is 24.5 Å². The summed E-state index contributed by atoms with van der Waals surface area (Å²) < 4.78 is 69.7. The number of rotatable bonds is 6. The predicted octanol–water partition coefficient (Wildman–Crippen LogP) is 2.32. The van der Waals surface area contributed by atoms with Crippen LogP contribution < -0.4 is 15.8 Å². The smallest absolute Gasteiger partial charge is 0.422 e. The molecule has 1 unspecified atom stereocenters. The maximum Gasteiger partial charge on any atom is 0.422 e. The number of hydrogen-bond donors (Lipinski definition) is 2. The Labute approximate surface area is 176 Å². The fourth-order valence-electron chi connectivity index (χ4n) is 2.88. The molecule has 166 valence electrons. The van der Waals surface area contributed by atoms with Crippen molar-refractivity contribution in [3.8, 4) is 5.88 Å². The Balaban J connectivity index is 2.00. The zero-order valence-electron chi connectivity index (χ0n) is 15.3. The van der Waals surface area contributed by atoms with E-state index in [9.17, 15) is 31.5 Å². The second-order valence-electron chi connectivity index (χ2n) is 6.41. The number of benzene rings is 1. The van der Waals surface area contributed by atoms with Crippen LogP contribution in [0.4, 0.5) is 26.7 Å². The van der Waals surface area contributed by atoms with E-state index in [2.05, 4.69) is 20.0 Å². The molecule has 0 saturated carbocycles. The van der Waals surface area contributed by atoms with E-state index in [1.54, 1.807) is 0 Å². The lowest BCUT2D eigenvalue weighted by molar-refractivity contribution is -0.154. The summed E-state index contributed by atoms with van der Waals surface area (Å²) >= 11 is 5.64. The van der Waals surface area contributed by atoms with Crippen LogP contribution >= 0.6 is 11.6 Å². The van der Waals surface area contributed by atoms with Gasteiger partial charge in [0.15, 0.2) is 6.61 Å². The first-order valence-electron chi connectivity index (χ1n) is 8.49. The number of hydrogen-bond acceptors (Lipinski definition) is 5. The lowest BCUT2D eigenvalue weighted by atomic mass is 10.0. The van der Waals surface area contributed by atoms with Gasteiger partial charge >= 0.3 is 12.2 Å². The number of urea groups is 1. The molecule has 1 fully saturated rings. The highest BCUT2D eigenvalue weighted by Gasteiger charge is 2.40. The topological polar surface area (TPSA) is 110 Å². The fourth-order valence-corrected chi connectivity index (χ4v) is 3.05. The first-order chi connectivity index (χ1) is 14.5. The molecule has 0 bridgehead atoms. The van der Waals surface area contributed by atoms with E-state index in [1.165, 1.54) is 0 Å². The minimum absolute atomic E-state index is 0.110. The van der Waals surface area contributed by atoms with Gasteiger partial charge in [-0.2, -0.15) is 13.2 Å². The summed E-state index contributed by atoms with van der Waals surface area (Å²) in [7, 11) is 0. The second-order valence-corrected chi connectivity index (χ2v) is 6.79. The molecule has 0 aliphatic carbocycles. The standard InChI is InChI=1S/C17H13ClF5N5O3/c18-12-8(19)2-1-7(13(12)20)14(28-5-10(15(24)29)27-16(28)30)9-3-26-11(4-25-9)31-6-17(21,22)23/h1-4,10,14H,5-6H2,(H2,24,29)(H,27,30)/t10?,14-/m0/s1. The molecule has 14 heteroatoms. The van der Waals surface area contributed by atoms with Crippen molar-refractivity contribution in [1.29, 1.82) is 0 Å². The number of nitrogens with two attached hydrogens (primary N) is 1. The molecule has 1 aliphatic rings. The zero-order valence-corrected chi connectivity index (χ0v) is 16.0. The summed E-state index contributed by atoms with van der Waals surface area (Å²) in [4.78, 5) is 32.4. The summed E-state index contributed by atoms with van der Waals surface area (Å²) in [5, 5.41) is 1.46. The number of nitrogens with one attached hydrogen (secondary N) is 1. The molecule has 1 aliphatic heterocycles. The largest absolute Gasteiger partial charge is 0.467 e. The van der Waals surface area contributed by atoms with Crippen molar-refractivity contribution < 1.29 is 36.3 Å². The molecule has 2 atom stereocenters. The normalized spacial score (nSPS) is 17.4. The van der Waals surface area contributed by atoms with Crippen molar-refractivity contribution in [2.45, 2.75) is 18.3 Å². The van der Waals surface area contributed by atoms with Crippen molar-refractivity contribution >= 4 is 23.5 Å². The lowest BCUT2D eigenvalue weighted by Crippen LogP contribution is -2.39. The van der Waals surface area contributed by atoms with E-state index < -0.39 is 59.3 Å². The molecular formula is C17H13ClF5N5O3. The predicted molar refractivity (Wildman–Crippen MR) is 95.0 cm³/mol. The minimum Gasteiger partial charge on any atom is -0.467 e. The maximum absolute atomic E-state index is 14.7. The van der Waals surface area contributed by atoms with E-state index in [-0.39, 0.29) is 17.8 Å². The number of aromatic nitrogens is 2. The number of primary amides is 1. The summed E-state index contributed by atoms with van der Waals surface area (Å²) in [5.41, 5.74) is 4.80. The van der Waals surface area contributed by atoms with Gasteiger partial charge in [0, 0.05) is 5.56 Å². The molecule has 0 spiro atoms. The van der Waals surface area contributed by atoms with Crippen LogP contribution in [-0.4, -0.2) is 52.2 Å². The highest BCUT2D eigenvalue weighted by molar-refractivity contribution is 6.31. The van der Waals surface area contributed by atoms with Gasteiger partial charge in [-0.3, -0.25) is 9.78 Å². The van der Waals surface area contributed by atoms with Crippen LogP contribution in [0.5, 0.6) is 5.88 Å². The Morgan fingerprint density at radius 1 is 1.32 bits per heavy atom. The van der Waals surface area contributed by atoms with E-state index in [1.807, 2.05) is 0 Å². The molecule has 2 heterocycles. The monoisotopic (exact) mass is 465 g/mol. The minimum atomic E-state index is -4.60. The van der Waals surface area contributed by atoms with Gasteiger partial charge in [-0.25, -0.2) is 18.6 Å². The third-order valence-electron chi connectivity index (χ3n) is 4.26. The Morgan fingerprint density at radius 3 is 2.58 bits per heavy atom. The molecule has 1 aromatic carbocycles. The number of ether oxygens (including phenoxy) is 1. The van der Waals surface area contributed by atoms with Gasteiger partial charge in [0.05, 0.1) is 24.6 Å². The molecule has 1 saturated heterocycles. The molecule has 3 N–H and O–H groups in total. The Morgan fingerprint density at radius 2 is 2.03 bits per heavy atom. The van der Waals surface area contributed by atoms with Crippen molar-refractivity contribution in [2.75, 3.05) is 13.2 Å². The van der Waals surface area contributed by atoms with Gasteiger partial charge < -0.3 is 20.7 Å². The van der Waals surface area contributed by atoms with Crippen LogP contribution in [0.3, 0.4) is 0 Å². The quantitative estimate of drug-likeness (QED) is 0.502. The number of carbonyl (C=O) groups excluding carboxylic acids is 2. The van der Waals surface area contributed by atoms with E-state index in [4.69, 9.17) is 17.3 Å². The van der Waals surface area contributed by atoms with Gasteiger partial charge in [-0.1, -0.05) is 17.7 Å². The highest BCUT2D eigenvalue weighted by Crippen LogP contribution is 2.34. The number of amides is 3. The third kappa shape index (κ3) is 4.93. The molecular weight excluding hydrogens is 453 g/mol. The molecule has 3 rings (SSSR count). The number of alkyl halides is 3. The molecule has 2 aromatic rings. The van der Waals surface area contributed by atoms with Crippen LogP contribution in [0.1, 0.15) is 17.3 Å². The summed E-state index contributed by atoms with van der Waals surface area (Å²) in [5.74, 6) is -3.57. The van der Waals surface area contributed by atoms with Gasteiger partial charge in [0.1, 0.15) is 28.7 Å². The van der Waals surface area contributed by atoms with Crippen LogP contribution in [0, 0.1) is 11.6 Å². The number of carbonyl (C=O) groups is 2.